The van der Waals surface area contributed by atoms with Gasteiger partial charge < -0.3 is 5.32 Å². The van der Waals surface area contributed by atoms with Gasteiger partial charge in [0.1, 0.15) is 0 Å². The van der Waals surface area contributed by atoms with E-state index in [0.29, 0.717) is 5.41 Å². The van der Waals surface area contributed by atoms with E-state index in [4.69, 9.17) is 0 Å². The number of nitrogens with one attached hydrogen (secondary N) is 1. The largest absolute Gasteiger partial charge is 0.316 e. The van der Waals surface area contributed by atoms with Crippen LogP contribution in [-0.4, -0.2) is 13.1 Å². The van der Waals surface area contributed by atoms with Crippen molar-refractivity contribution in [3.63, 3.8) is 0 Å². The SMILES string of the molecule is CCCNCC1CCC(C)(C)CC1c1ccccc1C. The molecule has 1 aromatic carbocycles. The number of hydrogen-bond acceptors (Lipinski definition) is 1. The molecular formula is C19H31N. The molecule has 2 unspecified atom stereocenters. The van der Waals surface area contributed by atoms with Gasteiger partial charge in [0.05, 0.1) is 0 Å². The summed E-state index contributed by atoms with van der Waals surface area (Å²) in [6.07, 6.45) is 5.29. The lowest BCUT2D eigenvalue weighted by atomic mass is 9.64. The lowest BCUT2D eigenvalue weighted by molar-refractivity contribution is 0.159. The van der Waals surface area contributed by atoms with E-state index >= 15 is 0 Å². The van der Waals surface area contributed by atoms with Crippen LogP contribution in [0.3, 0.4) is 0 Å². The molecule has 2 atom stereocenters. The molecule has 1 fully saturated rings. The summed E-state index contributed by atoms with van der Waals surface area (Å²) < 4.78 is 0. The van der Waals surface area contributed by atoms with Gasteiger partial charge in [-0.2, -0.15) is 0 Å². The Hall–Kier alpha value is -0.820. The number of rotatable bonds is 5. The number of hydrogen-bond donors (Lipinski definition) is 1. The van der Waals surface area contributed by atoms with Crippen LogP contribution in [0.2, 0.25) is 0 Å². The standard InChI is InChI=1S/C19H31N/c1-5-12-20-14-16-10-11-19(3,4)13-18(16)17-9-7-6-8-15(17)2/h6-9,16,18,20H,5,10-14H2,1-4H3. The van der Waals surface area contributed by atoms with Crippen LogP contribution in [-0.2, 0) is 0 Å². The molecule has 20 heavy (non-hydrogen) atoms. The maximum atomic E-state index is 3.65. The molecule has 112 valence electrons. The Labute approximate surface area is 125 Å². The van der Waals surface area contributed by atoms with Crippen molar-refractivity contribution >= 4 is 0 Å². The van der Waals surface area contributed by atoms with Crippen LogP contribution < -0.4 is 5.32 Å². The van der Waals surface area contributed by atoms with E-state index in [0.717, 1.165) is 18.4 Å². The van der Waals surface area contributed by atoms with Crippen molar-refractivity contribution in [1.29, 1.82) is 0 Å². The van der Waals surface area contributed by atoms with Gasteiger partial charge in [0.25, 0.3) is 0 Å². The van der Waals surface area contributed by atoms with E-state index in [1.54, 1.807) is 5.56 Å². The zero-order valence-electron chi connectivity index (χ0n) is 13.7. The summed E-state index contributed by atoms with van der Waals surface area (Å²) >= 11 is 0. The molecule has 0 saturated heterocycles. The average molecular weight is 273 g/mol. The van der Waals surface area contributed by atoms with Gasteiger partial charge in [0, 0.05) is 0 Å². The van der Waals surface area contributed by atoms with Crippen molar-refractivity contribution in [3.8, 4) is 0 Å². The normalized spacial score (nSPS) is 25.6. The van der Waals surface area contributed by atoms with Crippen molar-refractivity contribution < 1.29 is 0 Å². The zero-order valence-corrected chi connectivity index (χ0v) is 13.7. The zero-order chi connectivity index (χ0) is 14.6. The summed E-state index contributed by atoms with van der Waals surface area (Å²) in [4.78, 5) is 0. The van der Waals surface area contributed by atoms with Gasteiger partial charge in [-0.1, -0.05) is 45.0 Å². The van der Waals surface area contributed by atoms with Gasteiger partial charge in [-0.15, -0.1) is 0 Å². The van der Waals surface area contributed by atoms with Crippen LogP contribution in [0.1, 0.15) is 63.5 Å². The Balaban J connectivity index is 2.16. The summed E-state index contributed by atoms with van der Waals surface area (Å²) in [6, 6.07) is 9.00. The van der Waals surface area contributed by atoms with Gasteiger partial charge in [-0.25, -0.2) is 0 Å². The predicted octanol–water partition coefficient (Wildman–Crippen LogP) is 4.90. The third-order valence-corrected chi connectivity index (χ3v) is 4.95. The molecule has 1 N–H and O–H groups in total. The topological polar surface area (TPSA) is 12.0 Å². The lowest BCUT2D eigenvalue weighted by Gasteiger charge is -2.42. The van der Waals surface area contributed by atoms with Crippen molar-refractivity contribution in [2.45, 2.75) is 59.3 Å². The molecule has 0 aliphatic heterocycles. The fraction of sp³-hybridized carbons (Fsp3) is 0.684. The molecule has 2 rings (SSSR count). The molecule has 1 nitrogen and oxygen atoms in total. The van der Waals surface area contributed by atoms with Gasteiger partial charge >= 0.3 is 0 Å². The van der Waals surface area contributed by atoms with Crippen LogP contribution >= 0.6 is 0 Å². The molecule has 1 aliphatic rings. The summed E-state index contributed by atoms with van der Waals surface area (Å²) in [7, 11) is 0. The van der Waals surface area contributed by atoms with Crippen LogP contribution in [0, 0.1) is 18.3 Å². The molecule has 1 aliphatic carbocycles. The van der Waals surface area contributed by atoms with Crippen LogP contribution in [0.25, 0.3) is 0 Å². The Bertz CT molecular complexity index is 422. The summed E-state index contributed by atoms with van der Waals surface area (Å²) in [5, 5.41) is 3.65. The van der Waals surface area contributed by atoms with E-state index in [1.165, 1.54) is 37.8 Å². The van der Waals surface area contributed by atoms with E-state index < -0.39 is 0 Å². The second kappa shape index (κ2) is 6.76. The number of aryl methyl sites for hydroxylation is 1. The second-order valence-electron chi connectivity index (χ2n) is 7.33. The molecule has 1 aromatic rings. The first-order valence-electron chi connectivity index (χ1n) is 8.30. The first-order valence-corrected chi connectivity index (χ1v) is 8.30. The maximum Gasteiger partial charge on any atom is -0.00147 e. The van der Waals surface area contributed by atoms with Gasteiger partial charge in [0.15, 0.2) is 0 Å². The minimum atomic E-state index is 0.494. The Morgan fingerprint density at radius 1 is 1.25 bits per heavy atom. The van der Waals surface area contributed by atoms with Crippen molar-refractivity contribution in [2.24, 2.45) is 11.3 Å². The third kappa shape index (κ3) is 3.85. The highest BCUT2D eigenvalue weighted by atomic mass is 14.9. The minimum absolute atomic E-state index is 0.494. The van der Waals surface area contributed by atoms with Gasteiger partial charge in [0.2, 0.25) is 0 Å². The molecule has 0 heterocycles. The second-order valence-corrected chi connectivity index (χ2v) is 7.33. The van der Waals surface area contributed by atoms with Crippen molar-refractivity contribution in [2.75, 3.05) is 13.1 Å². The van der Waals surface area contributed by atoms with Crippen molar-refractivity contribution in [1.82, 2.24) is 5.32 Å². The molecular weight excluding hydrogens is 242 g/mol. The smallest absolute Gasteiger partial charge is 0.00147 e. The molecule has 0 bridgehead atoms. The van der Waals surface area contributed by atoms with E-state index in [2.05, 4.69) is 57.3 Å². The van der Waals surface area contributed by atoms with Crippen molar-refractivity contribution in [3.05, 3.63) is 35.4 Å². The fourth-order valence-electron chi connectivity index (χ4n) is 3.72. The molecule has 1 heteroatoms. The van der Waals surface area contributed by atoms with E-state index in [-0.39, 0.29) is 0 Å². The first kappa shape index (κ1) is 15.6. The van der Waals surface area contributed by atoms with E-state index in [1.807, 2.05) is 0 Å². The highest BCUT2D eigenvalue weighted by molar-refractivity contribution is 5.30. The van der Waals surface area contributed by atoms with E-state index in [9.17, 15) is 0 Å². The highest BCUT2D eigenvalue weighted by Gasteiger charge is 2.35. The first-order chi connectivity index (χ1) is 9.53. The Morgan fingerprint density at radius 3 is 2.70 bits per heavy atom. The summed E-state index contributed by atoms with van der Waals surface area (Å²) in [5.74, 6) is 1.53. The molecule has 0 spiro atoms. The summed E-state index contributed by atoms with van der Waals surface area (Å²) in [6.45, 7) is 11.7. The fourth-order valence-corrected chi connectivity index (χ4v) is 3.72. The highest BCUT2D eigenvalue weighted by Crippen LogP contribution is 2.47. The summed E-state index contributed by atoms with van der Waals surface area (Å²) in [5.41, 5.74) is 3.55. The Morgan fingerprint density at radius 2 is 2.00 bits per heavy atom. The van der Waals surface area contributed by atoms with Crippen LogP contribution in [0.4, 0.5) is 0 Å². The quantitative estimate of drug-likeness (QED) is 0.752. The van der Waals surface area contributed by atoms with Crippen LogP contribution in [0.5, 0.6) is 0 Å². The number of benzene rings is 1. The van der Waals surface area contributed by atoms with Gasteiger partial charge in [-0.05, 0) is 74.1 Å². The molecule has 0 radical (unpaired) electrons. The molecule has 0 amide bonds. The van der Waals surface area contributed by atoms with Crippen LogP contribution in [0.15, 0.2) is 24.3 Å². The molecule has 1 saturated carbocycles. The average Bonchev–Trinajstić information content (AvgIpc) is 2.41. The third-order valence-electron chi connectivity index (χ3n) is 4.95. The minimum Gasteiger partial charge on any atom is -0.316 e. The molecule has 0 aromatic heterocycles. The Kier molecular flexibility index (Phi) is 5.26. The monoisotopic (exact) mass is 273 g/mol. The van der Waals surface area contributed by atoms with Gasteiger partial charge in [-0.3, -0.25) is 0 Å². The predicted molar refractivity (Wildman–Crippen MR) is 88.2 cm³/mol. The maximum absolute atomic E-state index is 3.65. The lowest BCUT2D eigenvalue weighted by Crippen LogP contribution is -2.35.